The SMILES string of the molecule is Bc1cc(C)cc(Br)c1. The number of benzene rings is 1. The average Bonchev–Trinajstić information content (AvgIpc) is 1.59. The molecule has 1 aromatic rings. The van der Waals surface area contributed by atoms with Gasteiger partial charge in [-0.05, 0) is 13.0 Å². The van der Waals surface area contributed by atoms with E-state index in [0.717, 1.165) is 0 Å². The first-order chi connectivity index (χ1) is 4.18. The van der Waals surface area contributed by atoms with E-state index in [1.54, 1.807) is 0 Å². The van der Waals surface area contributed by atoms with Crippen molar-refractivity contribution in [1.29, 1.82) is 0 Å². The molecule has 0 radical (unpaired) electrons. The molecule has 9 heavy (non-hydrogen) atoms. The number of hydrogen-bond donors (Lipinski definition) is 0. The zero-order chi connectivity index (χ0) is 6.85. The predicted molar refractivity (Wildman–Crippen MR) is 47.1 cm³/mol. The lowest BCUT2D eigenvalue weighted by atomic mass is 9.95. The van der Waals surface area contributed by atoms with E-state index in [1.807, 2.05) is 0 Å². The Morgan fingerprint density at radius 2 is 2.00 bits per heavy atom. The van der Waals surface area contributed by atoms with Gasteiger partial charge in [-0.15, -0.1) is 0 Å². The van der Waals surface area contributed by atoms with Crippen molar-refractivity contribution in [3.8, 4) is 0 Å². The van der Waals surface area contributed by atoms with Gasteiger partial charge in [-0.3, -0.25) is 0 Å². The van der Waals surface area contributed by atoms with Crippen molar-refractivity contribution in [2.75, 3.05) is 0 Å². The lowest BCUT2D eigenvalue weighted by molar-refractivity contribution is 1.47. The molecule has 0 aliphatic rings. The van der Waals surface area contributed by atoms with Crippen LogP contribution in [0.2, 0.25) is 0 Å². The fourth-order valence-corrected chi connectivity index (χ4v) is 1.64. The second-order valence-corrected chi connectivity index (χ2v) is 3.22. The van der Waals surface area contributed by atoms with Crippen molar-refractivity contribution in [2.45, 2.75) is 6.92 Å². The highest BCUT2D eigenvalue weighted by atomic mass is 79.9. The third kappa shape index (κ3) is 1.86. The standard InChI is InChI=1S/C7H8BBr/c1-5-2-6(8)4-7(9)3-5/h2-4H,8H2,1H3. The fraction of sp³-hybridized carbons (Fsp3) is 0.143. The van der Waals surface area contributed by atoms with E-state index in [-0.39, 0.29) is 0 Å². The van der Waals surface area contributed by atoms with Crippen LogP contribution in [0, 0.1) is 6.92 Å². The number of aryl methyl sites for hydroxylation is 1. The largest absolute Gasteiger partial charge is 0.139 e. The second-order valence-electron chi connectivity index (χ2n) is 2.31. The molecule has 2 heteroatoms. The van der Waals surface area contributed by atoms with E-state index in [0.29, 0.717) is 0 Å². The molecule has 46 valence electrons. The molecule has 0 bridgehead atoms. The molecule has 0 saturated carbocycles. The van der Waals surface area contributed by atoms with E-state index in [2.05, 4.69) is 48.9 Å². The van der Waals surface area contributed by atoms with Gasteiger partial charge in [-0.1, -0.05) is 39.1 Å². The lowest BCUT2D eigenvalue weighted by Gasteiger charge is -1.95. The molecule has 0 atom stereocenters. The predicted octanol–water partition coefficient (Wildman–Crippen LogP) is 1.02. The molecule has 0 aliphatic carbocycles. The average molecular weight is 183 g/mol. The highest BCUT2D eigenvalue weighted by Gasteiger charge is 1.88. The Kier molecular flexibility index (Phi) is 1.96. The van der Waals surface area contributed by atoms with Crippen LogP contribution in [-0.4, -0.2) is 7.85 Å². The summed E-state index contributed by atoms with van der Waals surface area (Å²) >= 11 is 3.41. The van der Waals surface area contributed by atoms with Crippen molar-refractivity contribution in [1.82, 2.24) is 0 Å². The maximum Gasteiger partial charge on any atom is 0.139 e. The molecule has 0 aromatic heterocycles. The van der Waals surface area contributed by atoms with Crippen LogP contribution in [-0.2, 0) is 0 Å². The second kappa shape index (κ2) is 2.57. The van der Waals surface area contributed by atoms with Gasteiger partial charge in [-0.25, -0.2) is 0 Å². The van der Waals surface area contributed by atoms with E-state index in [4.69, 9.17) is 0 Å². The zero-order valence-corrected chi connectivity index (χ0v) is 7.20. The van der Waals surface area contributed by atoms with Gasteiger partial charge in [0.1, 0.15) is 7.85 Å². The van der Waals surface area contributed by atoms with Crippen LogP contribution in [0.15, 0.2) is 22.7 Å². The minimum Gasteiger partial charge on any atom is -0.0876 e. The summed E-state index contributed by atoms with van der Waals surface area (Å²) in [4.78, 5) is 0. The molecule has 0 amide bonds. The van der Waals surface area contributed by atoms with Gasteiger partial charge in [0.05, 0.1) is 0 Å². The van der Waals surface area contributed by atoms with Crippen molar-refractivity contribution in [3.63, 3.8) is 0 Å². The Labute approximate surface area is 64.8 Å². The van der Waals surface area contributed by atoms with E-state index in [9.17, 15) is 0 Å². The summed E-state index contributed by atoms with van der Waals surface area (Å²) in [5, 5.41) is 0. The quantitative estimate of drug-likeness (QED) is 0.526. The van der Waals surface area contributed by atoms with Crippen molar-refractivity contribution in [3.05, 3.63) is 28.2 Å². The fourth-order valence-electron chi connectivity index (χ4n) is 0.919. The smallest absolute Gasteiger partial charge is 0.0876 e. The molecule has 0 nitrogen and oxygen atoms in total. The van der Waals surface area contributed by atoms with Crippen LogP contribution in [0.1, 0.15) is 5.56 Å². The first kappa shape index (κ1) is 6.88. The van der Waals surface area contributed by atoms with Crippen LogP contribution in [0.5, 0.6) is 0 Å². The number of hydrogen-bond acceptors (Lipinski definition) is 0. The van der Waals surface area contributed by atoms with Crippen molar-refractivity contribution >= 4 is 29.2 Å². The summed E-state index contributed by atoms with van der Waals surface area (Å²) in [5.74, 6) is 0. The molecule has 0 saturated heterocycles. The molecular weight excluding hydrogens is 175 g/mol. The lowest BCUT2D eigenvalue weighted by Crippen LogP contribution is -2.00. The number of rotatable bonds is 0. The van der Waals surface area contributed by atoms with E-state index >= 15 is 0 Å². The van der Waals surface area contributed by atoms with Crippen LogP contribution >= 0.6 is 15.9 Å². The first-order valence-corrected chi connectivity index (χ1v) is 3.71. The third-order valence-corrected chi connectivity index (χ3v) is 1.64. The summed E-state index contributed by atoms with van der Waals surface area (Å²) < 4.78 is 1.17. The Morgan fingerprint density at radius 1 is 1.33 bits per heavy atom. The summed E-state index contributed by atoms with van der Waals surface area (Å²) in [5.41, 5.74) is 2.61. The maximum absolute atomic E-state index is 3.41. The van der Waals surface area contributed by atoms with Crippen LogP contribution in [0.3, 0.4) is 0 Å². The minimum absolute atomic E-state index is 1.17. The topological polar surface area (TPSA) is 0 Å². The Hall–Kier alpha value is -0.235. The maximum atomic E-state index is 3.41. The Morgan fingerprint density at radius 3 is 2.44 bits per heavy atom. The molecular formula is C7H8BBr. The molecule has 0 spiro atoms. The highest BCUT2D eigenvalue weighted by molar-refractivity contribution is 9.10. The van der Waals surface area contributed by atoms with Gasteiger partial charge in [0.15, 0.2) is 0 Å². The van der Waals surface area contributed by atoms with E-state index < -0.39 is 0 Å². The minimum atomic E-state index is 1.17. The highest BCUT2D eigenvalue weighted by Crippen LogP contribution is 2.08. The van der Waals surface area contributed by atoms with Gasteiger partial charge in [-0.2, -0.15) is 0 Å². The van der Waals surface area contributed by atoms with Crippen LogP contribution < -0.4 is 5.46 Å². The van der Waals surface area contributed by atoms with Gasteiger partial charge >= 0.3 is 0 Å². The van der Waals surface area contributed by atoms with Gasteiger partial charge < -0.3 is 0 Å². The van der Waals surface area contributed by atoms with Crippen LogP contribution in [0.25, 0.3) is 0 Å². The molecule has 0 N–H and O–H groups in total. The van der Waals surface area contributed by atoms with Gasteiger partial charge in [0, 0.05) is 4.47 Å². The molecule has 0 unspecified atom stereocenters. The molecule has 0 fully saturated rings. The summed E-state index contributed by atoms with van der Waals surface area (Å²) in [6.07, 6.45) is 0. The number of halogens is 1. The molecule has 0 heterocycles. The molecule has 0 aliphatic heterocycles. The summed E-state index contributed by atoms with van der Waals surface area (Å²) in [6, 6.07) is 6.37. The summed E-state index contributed by atoms with van der Waals surface area (Å²) in [6.45, 7) is 2.09. The Balaban J connectivity index is 3.17. The zero-order valence-electron chi connectivity index (χ0n) is 5.61. The van der Waals surface area contributed by atoms with Gasteiger partial charge in [0.2, 0.25) is 0 Å². The van der Waals surface area contributed by atoms with Gasteiger partial charge in [0.25, 0.3) is 0 Å². The van der Waals surface area contributed by atoms with Crippen LogP contribution in [0.4, 0.5) is 0 Å². The normalized spacial score (nSPS) is 9.56. The van der Waals surface area contributed by atoms with E-state index in [1.165, 1.54) is 15.5 Å². The summed E-state index contributed by atoms with van der Waals surface area (Å²) in [7, 11) is 2.09. The monoisotopic (exact) mass is 182 g/mol. The van der Waals surface area contributed by atoms with Crippen molar-refractivity contribution in [2.24, 2.45) is 0 Å². The third-order valence-electron chi connectivity index (χ3n) is 1.19. The first-order valence-electron chi connectivity index (χ1n) is 2.92. The molecule has 1 rings (SSSR count). The molecule has 1 aromatic carbocycles. The Bertz CT molecular complexity index is 170. The van der Waals surface area contributed by atoms with Crippen molar-refractivity contribution < 1.29 is 0 Å².